The van der Waals surface area contributed by atoms with E-state index in [1.165, 1.54) is 31.4 Å². The molecule has 2 saturated heterocycles. The lowest BCUT2D eigenvalue weighted by Crippen LogP contribution is -2.56. The molecule has 2 fully saturated rings. The normalized spacial score (nSPS) is 22.2. The van der Waals surface area contributed by atoms with Crippen LogP contribution in [0.4, 0.5) is 0 Å². The molecule has 0 bridgehead atoms. The molecule has 0 aliphatic carbocycles. The van der Waals surface area contributed by atoms with Crippen molar-refractivity contribution in [2.75, 3.05) is 19.8 Å². The van der Waals surface area contributed by atoms with Gasteiger partial charge in [0.2, 0.25) is 5.91 Å². The molecule has 27 heavy (non-hydrogen) atoms. The summed E-state index contributed by atoms with van der Waals surface area (Å²) in [5.74, 6) is -0.0676. The predicted molar refractivity (Wildman–Crippen MR) is 113 cm³/mol. The highest BCUT2D eigenvalue weighted by Gasteiger charge is 2.35. The Bertz CT molecular complexity index is 577. The number of nitrogens with zero attached hydrogens (tertiary/aromatic N) is 1. The Morgan fingerprint density at radius 3 is 2.44 bits per heavy atom. The molecule has 154 valence electrons. The van der Waals surface area contributed by atoms with E-state index >= 15 is 0 Å². The number of piperidine rings is 1. The SMILES string of the molecule is CC1CCCCN1Cc1ccc(CNC(=O)C2(N)CCOCC2)cc1.Cl.Cl. The number of hydrogen-bond acceptors (Lipinski definition) is 4. The van der Waals surface area contributed by atoms with Crippen molar-refractivity contribution in [2.24, 2.45) is 5.73 Å². The number of likely N-dealkylation sites (tertiary alicyclic amines) is 1. The van der Waals surface area contributed by atoms with Crippen molar-refractivity contribution >= 4 is 30.7 Å². The van der Waals surface area contributed by atoms with E-state index in [0.717, 1.165) is 12.1 Å². The van der Waals surface area contributed by atoms with Gasteiger partial charge in [-0.3, -0.25) is 9.69 Å². The highest BCUT2D eigenvalue weighted by molar-refractivity contribution is 5.86. The zero-order chi connectivity index (χ0) is 17.7. The average Bonchev–Trinajstić information content (AvgIpc) is 2.63. The summed E-state index contributed by atoms with van der Waals surface area (Å²) in [6.45, 7) is 6.18. The largest absolute Gasteiger partial charge is 0.381 e. The maximum atomic E-state index is 12.4. The van der Waals surface area contributed by atoms with Crippen LogP contribution in [-0.4, -0.2) is 42.1 Å². The Labute approximate surface area is 175 Å². The number of ether oxygens (including phenoxy) is 1. The number of rotatable bonds is 5. The lowest BCUT2D eigenvalue weighted by molar-refractivity contribution is -0.129. The first-order valence-corrected chi connectivity index (χ1v) is 9.54. The zero-order valence-corrected chi connectivity index (χ0v) is 17.7. The summed E-state index contributed by atoms with van der Waals surface area (Å²) in [5, 5.41) is 2.99. The van der Waals surface area contributed by atoms with Crippen LogP contribution in [0, 0.1) is 0 Å². The third-order valence-corrected chi connectivity index (χ3v) is 5.64. The van der Waals surface area contributed by atoms with Crippen molar-refractivity contribution in [3.63, 3.8) is 0 Å². The van der Waals surface area contributed by atoms with Gasteiger partial charge in [0.1, 0.15) is 0 Å². The molecule has 0 spiro atoms. The van der Waals surface area contributed by atoms with Crippen molar-refractivity contribution in [3.8, 4) is 0 Å². The number of halogens is 2. The summed E-state index contributed by atoms with van der Waals surface area (Å²) in [6, 6.07) is 9.24. The summed E-state index contributed by atoms with van der Waals surface area (Å²) in [5.41, 5.74) is 7.88. The molecule has 0 aromatic heterocycles. The highest BCUT2D eigenvalue weighted by Crippen LogP contribution is 2.20. The highest BCUT2D eigenvalue weighted by atomic mass is 35.5. The molecule has 3 N–H and O–H groups in total. The Morgan fingerprint density at radius 1 is 1.19 bits per heavy atom. The van der Waals surface area contributed by atoms with Crippen LogP contribution in [-0.2, 0) is 22.6 Å². The van der Waals surface area contributed by atoms with Crippen molar-refractivity contribution in [2.45, 2.75) is 63.7 Å². The van der Waals surface area contributed by atoms with E-state index in [-0.39, 0.29) is 30.7 Å². The Morgan fingerprint density at radius 2 is 1.81 bits per heavy atom. The molecule has 2 heterocycles. The lowest BCUT2D eigenvalue weighted by atomic mass is 9.90. The fourth-order valence-corrected chi connectivity index (χ4v) is 3.71. The van der Waals surface area contributed by atoms with Gasteiger partial charge in [0.15, 0.2) is 0 Å². The van der Waals surface area contributed by atoms with E-state index in [0.29, 0.717) is 38.6 Å². The van der Waals surface area contributed by atoms with Gasteiger partial charge in [-0.25, -0.2) is 0 Å². The van der Waals surface area contributed by atoms with Gasteiger partial charge in [0.05, 0.1) is 5.54 Å². The van der Waals surface area contributed by atoms with E-state index in [2.05, 4.69) is 41.4 Å². The van der Waals surface area contributed by atoms with Gasteiger partial charge in [0.25, 0.3) is 0 Å². The number of amides is 1. The summed E-state index contributed by atoms with van der Waals surface area (Å²) >= 11 is 0. The fourth-order valence-electron chi connectivity index (χ4n) is 3.71. The molecule has 2 aliphatic rings. The van der Waals surface area contributed by atoms with Crippen LogP contribution in [0.3, 0.4) is 0 Å². The molecule has 0 radical (unpaired) electrons. The van der Waals surface area contributed by atoms with E-state index in [1.54, 1.807) is 0 Å². The molecule has 3 rings (SSSR count). The van der Waals surface area contributed by atoms with Gasteiger partial charge >= 0.3 is 0 Å². The topological polar surface area (TPSA) is 67.6 Å². The zero-order valence-electron chi connectivity index (χ0n) is 16.1. The number of carbonyl (C=O) groups excluding carboxylic acids is 1. The number of nitrogens with two attached hydrogens (primary N) is 1. The number of carbonyl (C=O) groups is 1. The van der Waals surface area contributed by atoms with Crippen LogP contribution < -0.4 is 11.1 Å². The Balaban J connectivity index is 0.00000182. The van der Waals surface area contributed by atoms with Gasteiger partial charge in [-0.15, -0.1) is 24.8 Å². The van der Waals surface area contributed by atoms with Crippen LogP contribution in [0.25, 0.3) is 0 Å². The third kappa shape index (κ3) is 6.61. The Hall–Kier alpha value is -0.850. The van der Waals surface area contributed by atoms with Crippen molar-refractivity contribution in [1.29, 1.82) is 0 Å². The minimum atomic E-state index is -0.775. The van der Waals surface area contributed by atoms with Gasteiger partial charge in [-0.2, -0.15) is 0 Å². The summed E-state index contributed by atoms with van der Waals surface area (Å²) < 4.78 is 5.30. The molecule has 1 amide bonds. The van der Waals surface area contributed by atoms with Gasteiger partial charge in [0, 0.05) is 32.3 Å². The monoisotopic (exact) mass is 417 g/mol. The molecule has 1 aromatic rings. The van der Waals surface area contributed by atoms with E-state index in [9.17, 15) is 4.79 Å². The minimum absolute atomic E-state index is 0. The molecule has 1 aromatic carbocycles. The molecular formula is C20H33Cl2N3O2. The third-order valence-electron chi connectivity index (χ3n) is 5.64. The predicted octanol–water partition coefficient (Wildman–Crippen LogP) is 3.03. The maximum Gasteiger partial charge on any atom is 0.240 e. The second-order valence-corrected chi connectivity index (χ2v) is 7.58. The van der Waals surface area contributed by atoms with Crippen LogP contribution in [0.5, 0.6) is 0 Å². The first-order chi connectivity index (χ1) is 12.1. The van der Waals surface area contributed by atoms with Crippen LogP contribution in [0.2, 0.25) is 0 Å². The average molecular weight is 418 g/mol. The van der Waals surface area contributed by atoms with Crippen LogP contribution in [0.15, 0.2) is 24.3 Å². The van der Waals surface area contributed by atoms with Gasteiger partial charge in [-0.05, 0) is 50.3 Å². The van der Waals surface area contributed by atoms with Crippen LogP contribution in [0.1, 0.15) is 50.2 Å². The summed E-state index contributed by atoms with van der Waals surface area (Å²) in [6.07, 6.45) is 5.14. The lowest BCUT2D eigenvalue weighted by Gasteiger charge is -2.33. The smallest absolute Gasteiger partial charge is 0.240 e. The molecule has 2 aliphatic heterocycles. The summed E-state index contributed by atoms with van der Waals surface area (Å²) in [7, 11) is 0. The number of hydrogen-bond donors (Lipinski definition) is 2. The van der Waals surface area contributed by atoms with Gasteiger partial charge in [-0.1, -0.05) is 30.7 Å². The first-order valence-electron chi connectivity index (χ1n) is 9.54. The molecule has 0 saturated carbocycles. The second-order valence-electron chi connectivity index (χ2n) is 7.58. The molecule has 5 nitrogen and oxygen atoms in total. The molecule has 1 unspecified atom stereocenters. The number of nitrogens with one attached hydrogen (secondary N) is 1. The first kappa shape index (κ1) is 24.2. The Kier molecular flexibility index (Phi) is 10.1. The molecular weight excluding hydrogens is 385 g/mol. The standard InChI is InChI=1S/C20H31N3O2.2ClH/c1-16-4-2-3-11-23(16)15-18-7-5-17(6-8-18)14-22-19(24)20(21)9-12-25-13-10-20;;/h5-8,16H,2-4,9-15,21H2,1H3,(H,22,24);2*1H. The van der Waals surface area contributed by atoms with Crippen molar-refractivity contribution in [1.82, 2.24) is 10.2 Å². The maximum absolute atomic E-state index is 12.4. The van der Waals surface area contributed by atoms with Crippen molar-refractivity contribution < 1.29 is 9.53 Å². The fraction of sp³-hybridized carbons (Fsp3) is 0.650. The molecule has 1 atom stereocenters. The van der Waals surface area contributed by atoms with Gasteiger partial charge < -0.3 is 15.8 Å². The minimum Gasteiger partial charge on any atom is -0.381 e. The second kappa shape index (κ2) is 11.2. The van der Waals surface area contributed by atoms with E-state index in [1.807, 2.05) is 0 Å². The summed E-state index contributed by atoms with van der Waals surface area (Å²) in [4.78, 5) is 14.9. The molecule has 7 heteroatoms. The quantitative estimate of drug-likeness (QED) is 0.772. The number of benzene rings is 1. The van der Waals surface area contributed by atoms with E-state index in [4.69, 9.17) is 10.5 Å². The van der Waals surface area contributed by atoms with Crippen LogP contribution >= 0.6 is 24.8 Å². The van der Waals surface area contributed by atoms with Crippen molar-refractivity contribution in [3.05, 3.63) is 35.4 Å². The van der Waals surface area contributed by atoms with E-state index < -0.39 is 5.54 Å².